The minimum atomic E-state index is 0.420. The quantitative estimate of drug-likeness (QED) is 0.704. The molecule has 0 saturated carbocycles. The van der Waals surface area contributed by atoms with Gasteiger partial charge in [0.1, 0.15) is 17.4 Å². The van der Waals surface area contributed by atoms with E-state index in [4.69, 9.17) is 5.26 Å². The van der Waals surface area contributed by atoms with E-state index in [9.17, 15) is 0 Å². The molecule has 0 amide bonds. The van der Waals surface area contributed by atoms with Crippen LogP contribution in [0, 0.1) is 18.3 Å². The highest BCUT2D eigenvalue weighted by atomic mass is 14.9. The average Bonchev–Trinajstić information content (AvgIpc) is 2.81. The summed E-state index contributed by atoms with van der Waals surface area (Å²) in [6.07, 6.45) is 3.52. The number of nitriles is 1. The van der Waals surface area contributed by atoms with Gasteiger partial charge in [-0.2, -0.15) is 5.26 Å². The van der Waals surface area contributed by atoms with Crippen LogP contribution in [0.15, 0.2) is 36.7 Å². The number of aromatic amines is 1. The monoisotopic (exact) mass is 234 g/mol. The van der Waals surface area contributed by atoms with Crippen molar-refractivity contribution in [3.63, 3.8) is 0 Å². The second-order valence-electron chi connectivity index (χ2n) is 4.18. The maximum absolute atomic E-state index is 8.71. The van der Waals surface area contributed by atoms with Gasteiger partial charge in [-0.15, -0.1) is 0 Å². The Morgan fingerprint density at radius 3 is 2.78 bits per heavy atom. The van der Waals surface area contributed by atoms with Crippen LogP contribution in [0.1, 0.15) is 11.3 Å². The molecule has 0 atom stereocenters. The number of nitrogens with zero attached hydrogens (tertiary/aromatic N) is 3. The minimum absolute atomic E-state index is 0.420. The first kappa shape index (κ1) is 10.5. The molecule has 3 aromatic heterocycles. The topological polar surface area (TPSA) is 65.4 Å². The number of H-pyrrole nitrogens is 1. The molecule has 4 nitrogen and oxygen atoms in total. The molecule has 3 rings (SSSR count). The Balaban J connectivity index is 2.10. The second-order valence-corrected chi connectivity index (χ2v) is 4.18. The summed E-state index contributed by atoms with van der Waals surface area (Å²) in [6.45, 7) is 2.02. The fourth-order valence-corrected chi connectivity index (χ4v) is 1.90. The lowest BCUT2D eigenvalue weighted by Gasteiger charge is -1.95. The Kier molecular flexibility index (Phi) is 2.31. The fourth-order valence-electron chi connectivity index (χ4n) is 1.90. The summed E-state index contributed by atoms with van der Waals surface area (Å²) in [5.74, 6) is 0. The van der Waals surface area contributed by atoms with Crippen LogP contribution in [0.4, 0.5) is 0 Å². The van der Waals surface area contributed by atoms with E-state index in [1.165, 1.54) is 0 Å². The zero-order valence-corrected chi connectivity index (χ0v) is 9.81. The Morgan fingerprint density at radius 2 is 2.06 bits per heavy atom. The molecule has 0 spiro atoms. The number of aryl methyl sites for hydroxylation is 1. The number of fused-ring (bicyclic) bond motifs is 1. The third-order valence-electron chi connectivity index (χ3n) is 2.80. The number of pyridine rings is 2. The summed E-state index contributed by atoms with van der Waals surface area (Å²) < 4.78 is 0. The molecule has 1 N–H and O–H groups in total. The molecule has 86 valence electrons. The van der Waals surface area contributed by atoms with Crippen molar-refractivity contribution in [2.45, 2.75) is 6.92 Å². The Bertz CT molecular complexity index is 748. The second kappa shape index (κ2) is 3.97. The van der Waals surface area contributed by atoms with E-state index in [1.807, 2.05) is 31.3 Å². The summed E-state index contributed by atoms with van der Waals surface area (Å²) in [5.41, 5.74) is 4.32. The van der Waals surface area contributed by atoms with E-state index < -0.39 is 0 Å². The molecule has 0 aliphatic carbocycles. The van der Waals surface area contributed by atoms with Gasteiger partial charge in [-0.05, 0) is 36.8 Å². The van der Waals surface area contributed by atoms with Crippen LogP contribution >= 0.6 is 0 Å². The molecule has 0 fully saturated rings. The largest absolute Gasteiger partial charge is 0.339 e. The zero-order chi connectivity index (χ0) is 12.5. The standard InChI is InChI=1S/C14H10N4/c1-9-4-11-5-13(18-14(11)17-7-9)10-2-3-12(6-15)16-8-10/h2-5,7-8H,1H3,(H,17,18). The predicted octanol–water partition coefficient (Wildman–Crippen LogP) is 2.81. The summed E-state index contributed by atoms with van der Waals surface area (Å²) in [7, 11) is 0. The van der Waals surface area contributed by atoms with Gasteiger partial charge in [-0.3, -0.25) is 0 Å². The number of hydrogen-bond donors (Lipinski definition) is 1. The summed E-state index contributed by atoms with van der Waals surface area (Å²) in [4.78, 5) is 11.6. The van der Waals surface area contributed by atoms with Gasteiger partial charge in [0, 0.05) is 29.0 Å². The zero-order valence-electron chi connectivity index (χ0n) is 9.81. The van der Waals surface area contributed by atoms with Gasteiger partial charge >= 0.3 is 0 Å². The van der Waals surface area contributed by atoms with Crippen LogP contribution in [-0.4, -0.2) is 15.0 Å². The molecule has 18 heavy (non-hydrogen) atoms. The van der Waals surface area contributed by atoms with Gasteiger partial charge in [-0.1, -0.05) is 0 Å². The lowest BCUT2D eigenvalue weighted by atomic mass is 10.2. The van der Waals surface area contributed by atoms with Crippen molar-refractivity contribution in [3.8, 4) is 17.3 Å². The fraction of sp³-hybridized carbons (Fsp3) is 0.0714. The van der Waals surface area contributed by atoms with E-state index >= 15 is 0 Å². The Morgan fingerprint density at radius 1 is 1.17 bits per heavy atom. The molecule has 4 heteroatoms. The average molecular weight is 234 g/mol. The van der Waals surface area contributed by atoms with Crippen molar-refractivity contribution < 1.29 is 0 Å². The van der Waals surface area contributed by atoms with Gasteiger partial charge in [0.25, 0.3) is 0 Å². The molecule has 3 heterocycles. The third kappa shape index (κ3) is 1.72. The molecule has 0 bridgehead atoms. The van der Waals surface area contributed by atoms with E-state index in [1.54, 1.807) is 12.3 Å². The van der Waals surface area contributed by atoms with E-state index in [2.05, 4.69) is 21.0 Å². The first-order valence-electron chi connectivity index (χ1n) is 5.58. The van der Waals surface area contributed by atoms with Crippen LogP contribution in [0.3, 0.4) is 0 Å². The molecule has 3 aromatic rings. The molecular formula is C14H10N4. The maximum Gasteiger partial charge on any atom is 0.140 e. The van der Waals surface area contributed by atoms with Crippen LogP contribution < -0.4 is 0 Å². The van der Waals surface area contributed by atoms with Crippen molar-refractivity contribution >= 4 is 11.0 Å². The Labute approximate surface area is 104 Å². The molecular weight excluding hydrogens is 224 g/mol. The minimum Gasteiger partial charge on any atom is -0.339 e. The first-order chi connectivity index (χ1) is 8.76. The highest BCUT2D eigenvalue weighted by Gasteiger charge is 2.05. The van der Waals surface area contributed by atoms with Crippen LogP contribution in [0.2, 0.25) is 0 Å². The normalized spacial score (nSPS) is 10.4. The van der Waals surface area contributed by atoms with Crippen LogP contribution in [-0.2, 0) is 0 Å². The van der Waals surface area contributed by atoms with Crippen molar-refractivity contribution in [3.05, 3.63) is 47.9 Å². The highest BCUT2D eigenvalue weighted by Crippen LogP contribution is 2.22. The molecule has 0 saturated heterocycles. The summed E-state index contributed by atoms with van der Waals surface area (Å²) in [6, 6.07) is 9.71. The van der Waals surface area contributed by atoms with Gasteiger partial charge < -0.3 is 4.98 Å². The van der Waals surface area contributed by atoms with Crippen LogP contribution in [0.25, 0.3) is 22.3 Å². The molecule has 0 aliphatic heterocycles. The lowest BCUT2D eigenvalue weighted by Crippen LogP contribution is -1.83. The smallest absolute Gasteiger partial charge is 0.140 e. The summed E-state index contributed by atoms with van der Waals surface area (Å²) in [5, 5.41) is 9.79. The molecule has 0 aliphatic rings. The number of aromatic nitrogens is 3. The predicted molar refractivity (Wildman–Crippen MR) is 68.8 cm³/mol. The first-order valence-corrected chi connectivity index (χ1v) is 5.58. The SMILES string of the molecule is Cc1cnc2[nH]c(-c3ccc(C#N)nc3)cc2c1. The molecule has 0 radical (unpaired) electrons. The van der Waals surface area contributed by atoms with E-state index in [0.29, 0.717) is 5.69 Å². The molecule has 0 unspecified atom stereocenters. The van der Waals surface area contributed by atoms with Crippen molar-refractivity contribution in [2.24, 2.45) is 0 Å². The lowest BCUT2D eigenvalue weighted by molar-refractivity contribution is 1.25. The third-order valence-corrected chi connectivity index (χ3v) is 2.80. The number of nitrogens with one attached hydrogen (secondary N) is 1. The van der Waals surface area contributed by atoms with Crippen molar-refractivity contribution in [2.75, 3.05) is 0 Å². The van der Waals surface area contributed by atoms with Crippen molar-refractivity contribution in [1.29, 1.82) is 5.26 Å². The van der Waals surface area contributed by atoms with E-state index in [0.717, 1.165) is 27.9 Å². The van der Waals surface area contributed by atoms with Gasteiger partial charge in [0.15, 0.2) is 0 Å². The number of hydrogen-bond acceptors (Lipinski definition) is 3. The van der Waals surface area contributed by atoms with Crippen molar-refractivity contribution in [1.82, 2.24) is 15.0 Å². The molecule has 0 aromatic carbocycles. The Hall–Kier alpha value is -2.67. The van der Waals surface area contributed by atoms with Gasteiger partial charge in [0.05, 0.1) is 0 Å². The highest BCUT2D eigenvalue weighted by molar-refractivity contribution is 5.83. The number of rotatable bonds is 1. The van der Waals surface area contributed by atoms with Gasteiger partial charge in [0.2, 0.25) is 0 Å². The van der Waals surface area contributed by atoms with Gasteiger partial charge in [-0.25, -0.2) is 9.97 Å². The summed E-state index contributed by atoms with van der Waals surface area (Å²) >= 11 is 0. The maximum atomic E-state index is 8.71. The van der Waals surface area contributed by atoms with Crippen LogP contribution in [0.5, 0.6) is 0 Å². The van der Waals surface area contributed by atoms with E-state index in [-0.39, 0.29) is 0 Å².